The lowest BCUT2D eigenvalue weighted by Crippen LogP contribution is -2.13. The van der Waals surface area contributed by atoms with E-state index in [1.807, 2.05) is 19.1 Å². The Morgan fingerprint density at radius 2 is 2.06 bits per heavy atom. The molecule has 1 aromatic heterocycles. The fourth-order valence-electron chi connectivity index (χ4n) is 2.15. The predicted molar refractivity (Wildman–Crippen MR) is 75.0 cm³/mol. The SMILES string of the molecule is COc1ccc(CC(C)CN)c2ccc(C)nc12. The van der Waals surface area contributed by atoms with Gasteiger partial charge in [-0.1, -0.05) is 19.1 Å². The third-order valence-corrected chi connectivity index (χ3v) is 3.24. The number of aromatic nitrogens is 1. The van der Waals surface area contributed by atoms with Gasteiger partial charge in [-0.15, -0.1) is 0 Å². The quantitative estimate of drug-likeness (QED) is 0.899. The molecule has 3 heteroatoms. The highest BCUT2D eigenvalue weighted by atomic mass is 16.5. The zero-order chi connectivity index (χ0) is 13.1. The summed E-state index contributed by atoms with van der Waals surface area (Å²) in [6.45, 7) is 4.86. The molecule has 1 aromatic carbocycles. The van der Waals surface area contributed by atoms with Crippen LogP contribution in [-0.4, -0.2) is 18.6 Å². The van der Waals surface area contributed by atoms with Gasteiger partial charge in [0, 0.05) is 11.1 Å². The molecule has 0 saturated carbocycles. The summed E-state index contributed by atoms with van der Waals surface area (Å²) < 4.78 is 5.38. The van der Waals surface area contributed by atoms with Gasteiger partial charge in [0.1, 0.15) is 11.3 Å². The normalized spacial score (nSPS) is 12.7. The molecule has 0 amide bonds. The van der Waals surface area contributed by atoms with E-state index in [-0.39, 0.29) is 0 Å². The number of benzene rings is 1. The highest BCUT2D eigenvalue weighted by Crippen LogP contribution is 2.28. The van der Waals surface area contributed by atoms with Crippen molar-refractivity contribution in [2.45, 2.75) is 20.3 Å². The molecule has 1 heterocycles. The maximum Gasteiger partial charge on any atom is 0.145 e. The van der Waals surface area contributed by atoms with Crippen LogP contribution in [0.15, 0.2) is 24.3 Å². The predicted octanol–water partition coefficient (Wildman–Crippen LogP) is 2.69. The summed E-state index contributed by atoms with van der Waals surface area (Å²) >= 11 is 0. The number of ether oxygens (including phenoxy) is 1. The van der Waals surface area contributed by atoms with Crippen molar-refractivity contribution in [3.63, 3.8) is 0 Å². The fraction of sp³-hybridized carbons (Fsp3) is 0.400. The van der Waals surface area contributed by atoms with Crippen LogP contribution in [0.1, 0.15) is 18.2 Å². The number of pyridine rings is 1. The Balaban J connectivity index is 2.56. The standard InChI is InChI=1S/C15H20N2O/c1-10(9-16)8-12-5-7-14(18-3)15-13(12)6-4-11(2)17-15/h4-7,10H,8-9,16H2,1-3H3. The monoisotopic (exact) mass is 244 g/mol. The first kappa shape index (κ1) is 12.8. The minimum atomic E-state index is 0.475. The first-order valence-electron chi connectivity index (χ1n) is 6.29. The van der Waals surface area contributed by atoms with E-state index in [1.54, 1.807) is 7.11 Å². The van der Waals surface area contributed by atoms with Crippen molar-refractivity contribution in [2.24, 2.45) is 11.7 Å². The summed E-state index contributed by atoms with van der Waals surface area (Å²) in [6.07, 6.45) is 0.974. The van der Waals surface area contributed by atoms with E-state index in [2.05, 4.69) is 24.0 Å². The number of hydrogen-bond acceptors (Lipinski definition) is 3. The molecule has 2 N–H and O–H groups in total. The highest BCUT2D eigenvalue weighted by Gasteiger charge is 2.10. The van der Waals surface area contributed by atoms with Crippen molar-refractivity contribution < 1.29 is 4.74 Å². The molecule has 0 radical (unpaired) electrons. The molecule has 0 aliphatic carbocycles. The Hall–Kier alpha value is -1.61. The average Bonchev–Trinajstić information content (AvgIpc) is 2.38. The van der Waals surface area contributed by atoms with E-state index in [0.29, 0.717) is 12.5 Å². The molecule has 1 atom stereocenters. The third-order valence-electron chi connectivity index (χ3n) is 3.24. The van der Waals surface area contributed by atoms with Crippen LogP contribution in [0.25, 0.3) is 10.9 Å². The molecule has 0 saturated heterocycles. The lowest BCUT2D eigenvalue weighted by atomic mass is 9.97. The smallest absolute Gasteiger partial charge is 0.145 e. The van der Waals surface area contributed by atoms with Crippen molar-refractivity contribution in [3.8, 4) is 5.75 Å². The molecule has 2 rings (SSSR count). The Labute approximate surface area is 108 Å². The molecule has 0 spiro atoms. The van der Waals surface area contributed by atoms with Gasteiger partial charge in [0.25, 0.3) is 0 Å². The van der Waals surface area contributed by atoms with Crippen molar-refractivity contribution in [2.75, 3.05) is 13.7 Å². The second kappa shape index (κ2) is 5.36. The van der Waals surface area contributed by atoms with E-state index in [1.165, 1.54) is 10.9 Å². The van der Waals surface area contributed by atoms with Gasteiger partial charge in [0.05, 0.1) is 7.11 Å². The molecule has 0 aliphatic rings. The molecule has 0 fully saturated rings. The van der Waals surface area contributed by atoms with E-state index in [4.69, 9.17) is 10.5 Å². The second-order valence-corrected chi connectivity index (χ2v) is 4.82. The molecule has 18 heavy (non-hydrogen) atoms. The number of rotatable bonds is 4. The van der Waals surface area contributed by atoms with Crippen LogP contribution in [0, 0.1) is 12.8 Å². The minimum Gasteiger partial charge on any atom is -0.494 e. The molecular weight excluding hydrogens is 224 g/mol. The summed E-state index contributed by atoms with van der Waals surface area (Å²) in [6, 6.07) is 8.27. The number of hydrogen-bond donors (Lipinski definition) is 1. The van der Waals surface area contributed by atoms with Crippen LogP contribution in [0.5, 0.6) is 5.75 Å². The number of nitrogens with zero attached hydrogens (tertiary/aromatic N) is 1. The van der Waals surface area contributed by atoms with Gasteiger partial charge in [-0.2, -0.15) is 0 Å². The Morgan fingerprint density at radius 1 is 1.28 bits per heavy atom. The number of fused-ring (bicyclic) bond motifs is 1. The zero-order valence-electron chi connectivity index (χ0n) is 11.2. The van der Waals surface area contributed by atoms with E-state index in [0.717, 1.165) is 23.4 Å². The zero-order valence-corrected chi connectivity index (χ0v) is 11.2. The molecule has 2 aromatic rings. The van der Waals surface area contributed by atoms with E-state index >= 15 is 0 Å². The second-order valence-electron chi connectivity index (χ2n) is 4.82. The lowest BCUT2D eigenvalue weighted by Gasteiger charge is -2.13. The third kappa shape index (κ3) is 2.46. The van der Waals surface area contributed by atoms with Crippen LogP contribution in [0.4, 0.5) is 0 Å². The summed E-state index contributed by atoms with van der Waals surface area (Å²) in [5, 5.41) is 1.17. The molecule has 1 unspecified atom stereocenters. The summed E-state index contributed by atoms with van der Waals surface area (Å²) in [5.41, 5.74) is 8.94. The lowest BCUT2D eigenvalue weighted by molar-refractivity contribution is 0.418. The number of nitrogens with two attached hydrogens (primary N) is 1. The fourth-order valence-corrected chi connectivity index (χ4v) is 2.15. The summed E-state index contributed by atoms with van der Waals surface area (Å²) in [4.78, 5) is 4.58. The maximum atomic E-state index is 5.70. The van der Waals surface area contributed by atoms with Crippen molar-refractivity contribution >= 4 is 10.9 Å². The summed E-state index contributed by atoms with van der Waals surface area (Å²) in [7, 11) is 1.68. The minimum absolute atomic E-state index is 0.475. The van der Waals surface area contributed by atoms with Crippen molar-refractivity contribution in [3.05, 3.63) is 35.5 Å². The van der Waals surface area contributed by atoms with E-state index in [9.17, 15) is 0 Å². The van der Waals surface area contributed by atoms with Crippen LogP contribution < -0.4 is 10.5 Å². The van der Waals surface area contributed by atoms with Gasteiger partial charge in [0.15, 0.2) is 0 Å². The molecule has 3 nitrogen and oxygen atoms in total. The van der Waals surface area contributed by atoms with Gasteiger partial charge in [-0.25, -0.2) is 4.98 Å². The first-order chi connectivity index (χ1) is 8.65. The Bertz CT molecular complexity index is 551. The van der Waals surface area contributed by atoms with Crippen LogP contribution >= 0.6 is 0 Å². The molecular formula is C15H20N2O. The Kier molecular flexibility index (Phi) is 3.82. The highest BCUT2D eigenvalue weighted by molar-refractivity contribution is 5.87. The van der Waals surface area contributed by atoms with Gasteiger partial charge < -0.3 is 10.5 Å². The summed E-state index contributed by atoms with van der Waals surface area (Å²) in [5.74, 6) is 1.31. The van der Waals surface area contributed by atoms with Gasteiger partial charge in [0.2, 0.25) is 0 Å². The molecule has 96 valence electrons. The number of aryl methyl sites for hydroxylation is 1. The van der Waals surface area contributed by atoms with Gasteiger partial charge >= 0.3 is 0 Å². The van der Waals surface area contributed by atoms with Crippen LogP contribution in [-0.2, 0) is 6.42 Å². The number of methoxy groups -OCH3 is 1. The van der Waals surface area contributed by atoms with E-state index < -0.39 is 0 Å². The van der Waals surface area contributed by atoms with Gasteiger partial charge in [-0.3, -0.25) is 0 Å². The largest absolute Gasteiger partial charge is 0.494 e. The molecule has 0 aliphatic heterocycles. The first-order valence-corrected chi connectivity index (χ1v) is 6.29. The van der Waals surface area contributed by atoms with Gasteiger partial charge in [-0.05, 0) is 43.5 Å². The molecule has 0 bridgehead atoms. The maximum absolute atomic E-state index is 5.70. The van der Waals surface area contributed by atoms with Crippen LogP contribution in [0.3, 0.4) is 0 Å². The Morgan fingerprint density at radius 3 is 2.72 bits per heavy atom. The topological polar surface area (TPSA) is 48.1 Å². The van der Waals surface area contributed by atoms with Crippen LogP contribution in [0.2, 0.25) is 0 Å². The van der Waals surface area contributed by atoms with Crippen molar-refractivity contribution in [1.29, 1.82) is 0 Å². The van der Waals surface area contributed by atoms with Crippen molar-refractivity contribution in [1.82, 2.24) is 4.98 Å². The average molecular weight is 244 g/mol.